The molecular formula is C22H26ClN3O4. The Morgan fingerprint density at radius 2 is 2.10 bits per heavy atom. The van der Waals surface area contributed by atoms with Crippen LogP contribution in [0.4, 0.5) is 0 Å². The predicted octanol–water partition coefficient (Wildman–Crippen LogP) is 3.59. The molecule has 0 spiro atoms. The third-order valence-electron chi connectivity index (χ3n) is 6.32. The lowest BCUT2D eigenvalue weighted by molar-refractivity contribution is -0.142. The second-order valence-electron chi connectivity index (χ2n) is 8.06. The van der Waals surface area contributed by atoms with Crippen molar-refractivity contribution in [3.05, 3.63) is 40.8 Å². The average Bonchev–Trinajstić information content (AvgIpc) is 2.94. The molecular weight excluding hydrogens is 406 g/mol. The van der Waals surface area contributed by atoms with Gasteiger partial charge >= 0.3 is 5.97 Å². The number of methoxy groups -OCH3 is 1. The van der Waals surface area contributed by atoms with E-state index in [1.165, 1.54) is 19.0 Å². The number of halogens is 1. The van der Waals surface area contributed by atoms with Crippen molar-refractivity contribution in [2.45, 2.75) is 44.6 Å². The summed E-state index contributed by atoms with van der Waals surface area (Å²) in [5.41, 5.74) is 1.58. The van der Waals surface area contributed by atoms with Crippen molar-refractivity contribution in [3.8, 4) is 5.88 Å². The minimum Gasteiger partial charge on any atom is -0.475 e. The first kappa shape index (κ1) is 20.8. The topological polar surface area (TPSA) is 81.6 Å². The molecule has 7 nitrogen and oxygen atoms in total. The van der Waals surface area contributed by atoms with Crippen LogP contribution in [0.25, 0.3) is 0 Å². The van der Waals surface area contributed by atoms with Gasteiger partial charge in [-0.15, -0.1) is 0 Å². The number of fused-ring (bicyclic) bond motifs is 1. The number of hydrogen-bond donors (Lipinski definition) is 0. The maximum absolute atomic E-state index is 13.1. The van der Waals surface area contributed by atoms with Gasteiger partial charge in [0.05, 0.1) is 19.7 Å². The van der Waals surface area contributed by atoms with Crippen molar-refractivity contribution < 1.29 is 19.1 Å². The van der Waals surface area contributed by atoms with E-state index in [1.807, 2.05) is 0 Å². The van der Waals surface area contributed by atoms with Gasteiger partial charge in [0.25, 0.3) is 5.91 Å². The molecule has 0 N–H and O–H groups in total. The third-order valence-corrected chi connectivity index (χ3v) is 6.61. The Hall–Kier alpha value is -2.41. The fourth-order valence-corrected chi connectivity index (χ4v) is 4.82. The van der Waals surface area contributed by atoms with Crippen molar-refractivity contribution in [3.63, 3.8) is 0 Å². The average molecular weight is 432 g/mol. The van der Waals surface area contributed by atoms with E-state index in [0.717, 1.165) is 32.1 Å². The first-order valence-electron chi connectivity index (χ1n) is 10.5. The maximum Gasteiger partial charge on any atom is 0.305 e. The van der Waals surface area contributed by atoms with Crippen LogP contribution in [0.1, 0.15) is 48.9 Å². The number of amides is 1. The Balaban J connectivity index is 1.38. The van der Waals surface area contributed by atoms with Crippen LogP contribution in [0, 0.1) is 11.8 Å². The molecule has 2 heterocycles. The number of hydrogen-bond acceptors (Lipinski definition) is 6. The second kappa shape index (κ2) is 9.16. The molecule has 0 aromatic carbocycles. The molecule has 30 heavy (non-hydrogen) atoms. The van der Waals surface area contributed by atoms with E-state index in [4.69, 9.17) is 21.1 Å². The SMILES string of the molecule is COC(=O)CC1CCC(C2=CCC(N3CCOc4ncnc(Cl)c4C3=O)C=C2)CC1. The van der Waals surface area contributed by atoms with Crippen molar-refractivity contribution >= 4 is 23.5 Å². The number of rotatable bonds is 4. The molecule has 1 fully saturated rings. The van der Waals surface area contributed by atoms with E-state index in [9.17, 15) is 9.59 Å². The number of allylic oxidation sites excluding steroid dienone is 2. The molecule has 1 aromatic heterocycles. The molecule has 4 rings (SSSR count). The minimum absolute atomic E-state index is 0.0391. The van der Waals surface area contributed by atoms with Gasteiger partial charge in [0.2, 0.25) is 5.88 Å². The molecule has 1 aliphatic heterocycles. The normalized spacial score (nSPS) is 26.3. The molecule has 160 valence electrons. The Morgan fingerprint density at radius 3 is 2.80 bits per heavy atom. The number of aromatic nitrogens is 2. The fourth-order valence-electron chi connectivity index (χ4n) is 4.62. The lowest BCUT2D eigenvalue weighted by Crippen LogP contribution is -2.41. The molecule has 0 bridgehead atoms. The highest BCUT2D eigenvalue weighted by Gasteiger charge is 2.32. The first-order chi connectivity index (χ1) is 14.6. The van der Waals surface area contributed by atoms with Crippen molar-refractivity contribution in [1.82, 2.24) is 14.9 Å². The van der Waals surface area contributed by atoms with Gasteiger partial charge in [-0.25, -0.2) is 9.97 Å². The number of nitrogens with zero attached hydrogens (tertiary/aromatic N) is 3. The van der Waals surface area contributed by atoms with E-state index < -0.39 is 0 Å². The molecule has 1 atom stereocenters. The summed E-state index contributed by atoms with van der Waals surface area (Å²) in [7, 11) is 1.45. The lowest BCUT2D eigenvalue weighted by atomic mass is 9.76. The zero-order chi connectivity index (χ0) is 21.1. The van der Waals surface area contributed by atoms with Crippen LogP contribution in [0.5, 0.6) is 5.88 Å². The molecule has 1 amide bonds. The van der Waals surface area contributed by atoms with Gasteiger partial charge in [-0.1, -0.05) is 29.8 Å². The summed E-state index contributed by atoms with van der Waals surface area (Å²) in [4.78, 5) is 34.3. The van der Waals surface area contributed by atoms with Crippen LogP contribution in [-0.4, -0.2) is 53.0 Å². The van der Waals surface area contributed by atoms with E-state index in [2.05, 4.69) is 28.2 Å². The van der Waals surface area contributed by atoms with Crippen LogP contribution >= 0.6 is 11.6 Å². The molecule has 1 saturated carbocycles. The summed E-state index contributed by atoms with van der Waals surface area (Å²) in [6.07, 6.45) is 13.4. The number of ether oxygens (including phenoxy) is 2. The molecule has 1 aromatic rings. The quantitative estimate of drug-likeness (QED) is 0.535. The van der Waals surface area contributed by atoms with Crippen molar-refractivity contribution in [1.29, 1.82) is 0 Å². The van der Waals surface area contributed by atoms with E-state index in [0.29, 0.717) is 31.4 Å². The summed E-state index contributed by atoms with van der Waals surface area (Å²) in [5.74, 6) is 0.889. The van der Waals surface area contributed by atoms with Crippen LogP contribution in [-0.2, 0) is 9.53 Å². The second-order valence-corrected chi connectivity index (χ2v) is 8.41. The van der Waals surface area contributed by atoms with Gasteiger partial charge < -0.3 is 14.4 Å². The lowest BCUT2D eigenvalue weighted by Gasteiger charge is -2.33. The van der Waals surface area contributed by atoms with Gasteiger partial charge in [-0.2, -0.15) is 0 Å². The monoisotopic (exact) mass is 431 g/mol. The molecule has 2 aliphatic carbocycles. The van der Waals surface area contributed by atoms with Crippen molar-refractivity contribution in [2.75, 3.05) is 20.3 Å². The Morgan fingerprint density at radius 1 is 1.30 bits per heavy atom. The summed E-state index contributed by atoms with van der Waals surface area (Å²) >= 11 is 6.15. The minimum atomic E-state index is -0.192. The van der Waals surface area contributed by atoms with E-state index in [-0.39, 0.29) is 34.5 Å². The van der Waals surface area contributed by atoms with Gasteiger partial charge in [-0.05, 0) is 49.5 Å². The Bertz CT molecular complexity index is 877. The molecule has 1 unspecified atom stereocenters. The first-order valence-corrected chi connectivity index (χ1v) is 10.8. The van der Waals surface area contributed by atoms with Gasteiger partial charge in [0, 0.05) is 6.42 Å². The van der Waals surface area contributed by atoms with Crippen LogP contribution < -0.4 is 4.74 Å². The largest absolute Gasteiger partial charge is 0.475 e. The number of esters is 1. The summed E-state index contributed by atoms with van der Waals surface area (Å²) in [6.45, 7) is 0.847. The van der Waals surface area contributed by atoms with Crippen LogP contribution in [0.3, 0.4) is 0 Å². The highest BCUT2D eigenvalue weighted by molar-refractivity contribution is 6.33. The van der Waals surface area contributed by atoms with Gasteiger partial charge in [-0.3, -0.25) is 9.59 Å². The summed E-state index contributed by atoms with van der Waals surface area (Å²) < 4.78 is 10.4. The third kappa shape index (κ3) is 4.36. The highest BCUT2D eigenvalue weighted by Crippen LogP contribution is 2.37. The standard InChI is InChI=1S/C22H26ClN3O4/c1-29-18(27)12-14-2-4-15(5-3-14)16-6-8-17(9-7-16)26-10-11-30-21-19(22(26)28)20(23)24-13-25-21/h6-8,13-15,17H,2-5,9-12H2,1H3. The van der Waals surface area contributed by atoms with Gasteiger partial charge in [0.1, 0.15) is 23.7 Å². The molecule has 3 aliphatic rings. The summed E-state index contributed by atoms with van der Waals surface area (Å²) in [5, 5.41) is 0.122. The smallest absolute Gasteiger partial charge is 0.305 e. The molecule has 0 radical (unpaired) electrons. The molecule has 8 heteroatoms. The van der Waals surface area contributed by atoms with Crippen LogP contribution in [0.15, 0.2) is 30.1 Å². The van der Waals surface area contributed by atoms with E-state index >= 15 is 0 Å². The Labute approximate surface area is 181 Å². The summed E-state index contributed by atoms with van der Waals surface area (Å²) in [6, 6.07) is -0.0391. The number of carbonyl (C=O) groups excluding carboxylic acids is 2. The zero-order valence-electron chi connectivity index (χ0n) is 17.1. The maximum atomic E-state index is 13.1. The van der Waals surface area contributed by atoms with E-state index in [1.54, 1.807) is 4.90 Å². The highest BCUT2D eigenvalue weighted by atomic mass is 35.5. The molecule has 0 saturated heterocycles. The number of carbonyl (C=O) groups is 2. The predicted molar refractivity (Wildman–Crippen MR) is 111 cm³/mol. The fraction of sp³-hybridized carbons (Fsp3) is 0.545. The van der Waals surface area contributed by atoms with Crippen molar-refractivity contribution in [2.24, 2.45) is 11.8 Å². The Kier molecular flexibility index (Phi) is 6.37. The van der Waals surface area contributed by atoms with Crippen LogP contribution in [0.2, 0.25) is 5.15 Å². The van der Waals surface area contributed by atoms with Gasteiger partial charge in [0.15, 0.2) is 0 Å². The zero-order valence-corrected chi connectivity index (χ0v) is 17.8.